The van der Waals surface area contributed by atoms with Crippen LogP contribution in [0.15, 0.2) is 103 Å². The van der Waals surface area contributed by atoms with E-state index in [4.69, 9.17) is 9.47 Å². The molecule has 1 aliphatic carbocycles. The number of sulfonamides is 1. The summed E-state index contributed by atoms with van der Waals surface area (Å²) in [5.74, 6) is -0.0999. The van der Waals surface area contributed by atoms with Crippen LogP contribution in [0.3, 0.4) is 0 Å². The molecule has 0 aromatic heterocycles. The molecule has 5 rings (SSSR count). The van der Waals surface area contributed by atoms with E-state index >= 15 is 0 Å². The van der Waals surface area contributed by atoms with E-state index in [9.17, 15) is 13.2 Å². The third kappa shape index (κ3) is 7.87. The fraction of sp³-hybridized carbons (Fsp3) is 0.306. The van der Waals surface area contributed by atoms with E-state index in [0.29, 0.717) is 30.1 Å². The first kappa shape index (κ1) is 31.3. The minimum absolute atomic E-state index is 0.0908. The van der Waals surface area contributed by atoms with Crippen LogP contribution in [0.2, 0.25) is 0 Å². The van der Waals surface area contributed by atoms with E-state index in [-0.39, 0.29) is 17.9 Å². The van der Waals surface area contributed by atoms with Gasteiger partial charge in [-0.15, -0.1) is 0 Å². The van der Waals surface area contributed by atoms with Crippen LogP contribution in [-0.4, -0.2) is 37.1 Å². The number of carbonyl (C=O) groups excluding carboxylic acids is 1. The average molecular weight is 613 g/mol. The van der Waals surface area contributed by atoms with E-state index in [1.807, 2.05) is 54.6 Å². The lowest BCUT2D eigenvalue weighted by atomic mass is 9.93. The first-order valence-corrected chi connectivity index (χ1v) is 16.6. The van der Waals surface area contributed by atoms with Gasteiger partial charge >= 0.3 is 5.97 Å². The minimum atomic E-state index is -3.61. The average Bonchev–Trinajstić information content (AvgIpc) is 3.37. The molecule has 0 heterocycles. The van der Waals surface area contributed by atoms with E-state index in [0.717, 1.165) is 24.0 Å². The number of nitrogens with zero attached hydrogens (tertiary/aromatic N) is 1. The quantitative estimate of drug-likeness (QED) is 0.169. The number of rotatable bonds is 13. The molecule has 1 aliphatic rings. The molecule has 0 unspecified atom stereocenters. The standard InChI is InChI=1S/C36H40N2O5S/c1-4-44(40,41)37-33-21-30(19-20-34(33)42-26-29-15-9-6-10-16-29)35(43-27(2)39)25-38(24-28-13-7-5-8-14-28)36(3)22-31-17-11-12-18-32(31)23-36/h5-21,35,37H,4,22-26H2,1-3H3/t35-/m0/s1. The number of anilines is 1. The SMILES string of the molecule is CCS(=O)(=O)Nc1cc([C@H](CN(Cc2ccccc2)C2(C)Cc3ccccc3C2)OC(C)=O)ccc1OCc1ccccc1. The highest BCUT2D eigenvalue weighted by Crippen LogP contribution is 2.38. The molecule has 8 heteroatoms. The Morgan fingerprint density at radius 3 is 2.07 bits per heavy atom. The Balaban J connectivity index is 1.49. The lowest BCUT2D eigenvalue weighted by Gasteiger charge is -2.40. The van der Waals surface area contributed by atoms with Crippen LogP contribution in [0.25, 0.3) is 0 Å². The van der Waals surface area contributed by atoms with E-state index in [2.05, 4.69) is 52.9 Å². The van der Waals surface area contributed by atoms with Crippen molar-refractivity contribution in [3.63, 3.8) is 0 Å². The van der Waals surface area contributed by atoms with E-state index in [1.54, 1.807) is 19.1 Å². The number of benzene rings is 4. The van der Waals surface area contributed by atoms with Crippen LogP contribution in [0.5, 0.6) is 5.75 Å². The number of fused-ring (bicyclic) bond motifs is 1. The first-order valence-electron chi connectivity index (χ1n) is 15.0. The molecule has 0 amide bonds. The van der Waals surface area contributed by atoms with Crippen LogP contribution in [0, 0.1) is 0 Å². The summed E-state index contributed by atoms with van der Waals surface area (Å²) in [6.07, 6.45) is 1.09. The van der Waals surface area contributed by atoms with Crippen molar-refractivity contribution in [1.29, 1.82) is 0 Å². The molecular formula is C36H40N2O5S. The summed E-state index contributed by atoms with van der Waals surface area (Å²) in [4.78, 5) is 14.9. The lowest BCUT2D eigenvalue weighted by Crippen LogP contribution is -2.48. The zero-order valence-corrected chi connectivity index (χ0v) is 26.3. The van der Waals surface area contributed by atoms with Crippen LogP contribution in [0.1, 0.15) is 54.7 Å². The molecule has 4 aromatic carbocycles. The Kier molecular flexibility index (Phi) is 9.71. The predicted octanol–water partition coefficient (Wildman–Crippen LogP) is 6.69. The molecular weight excluding hydrogens is 572 g/mol. The second kappa shape index (κ2) is 13.7. The van der Waals surface area contributed by atoms with Crippen molar-refractivity contribution < 1.29 is 22.7 Å². The van der Waals surface area contributed by atoms with Gasteiger partial charge in [-0.1, -0.05) is 91.0 Å². The molecule has 0 saturated carbocycles. The number of ether oxygens (including phenoxy) is 2. The zero-order chi connectivity index (χ0) is 31.2. The normalized spacial score (nSPS) is 14.5. The molecule has 1 N–H and O–H groups in total. The molecule has 44 heavy (non-hydrogen) atoms. The Morgan fingerprint density at radius 2 is 1.48 bits per heavy atom. The summed E-state index contributed by atoms with van der Waals surface area (Å²) in [5, 5.41) is 0. The highest BCUT2D eigenvalue weighted by molar-refractivity contribution is 7.92. The summed E-state index contributed by atoms with van der Waals surface area (Å²) >= 11 is 0. The van der Waals surface area contributed by atoms with Gasteiger partial charge in [0.2, 0.25) is 10.0 Å². The molecule has 230 valence electrons. The highest BCUT2D eigenvalue weighted by Gasteiger charge is 2.39. The minimum Gasteiger partial charge on any atom is -0.487 e. The molecule has 7 nitrogen and oxygen atoms in total. The summed E-state index contributed by atoms with van der Waals surface area (Å²) in [5.41, 5.74) is 5.54. The third-order valence-electron chi connectivity index (χ3n) is 8.19. The number of hydrogen-bond acceptors (Lipinski definition) is 6. The second-order valence-electron chi connectivity index (χ2n) is 11.6. The summed E-state index contributed by atoms with van der Waals surface area (Å²) < 4.78 is 40.1. The van der Waals surface area contributed by atoms with Crippen molar-refractivity contribution >= 4 is 21.7 Å². The van der Waals surface area contributed by atoms with Crippen molar-refractivity contribution in [2.75, 3.05) is 17.0 Å². The lowest BCUT2D eigenvalue weighted by molar-refractivity contribution is -0.148. The molecule has 0 spiro atoms. The van der Waals surface area contributed by atoms with Crippen LogP contribution < -0.4 is 9.46 Å². The maximum Gasteiger partial charge on any atom is 0.303 e. The van der Waals surface area contributed by atoms with Crippen LogP contribution >= 0.6 is 0 Å². The van der Waals surface area contributed by atoms with Gasteiger partial charge in [0.05, 0.1) is 11.4 Å². The van der Waals surface area contributed by atoms with Gasteiger partial charge in [0.1, 0.15) is 18.5 Å². The highest BCUT2D eigenvalue weighted by atomic mass is 32.2. The van der Waals surface area contributed by atoms with E-state index in [1.165, 1.54) is 18.1 Å². The van der Waals surface area contributed by atoms with Gasteiger partial charge in [0, 0.05) is 25.6 Å². The number of hydrogen-bond donors (Lipinski definition) is 1. The van der Waals surface area contributed by atoms with E-state index < -0.39 is 22.1 Å². The Bertz CT molecular complexity index is 1650. The molecule has 4 aromatic rings. The van der Waals surface area contributed by atoms with Gasteiger partial charge in [0.15, 0.2) is 0 Å². The molecule has 0 saturated heterocycles. The van der Waals surface area contributed by atoms with Crippen molar-refractivity contribution in [1.82, 2.24) is 4.90 Å². The topological polar surface area (TPSA) is 84.9 Å². The number of carbonyl (C=O) groups is 1. The molecule has 0 bridgehead atoms. The van der Waals surface area contributed by atoms with Crippen molar-refractivity contribution in [2.24, 2.45) is 0 Å². The monoisotopic (exact) mass is 612 g/mol. The van der Waals surface area contributed by atoms with Gasteiger partial charge in [-0.25, -0.2) is 8.42 Å². The van der Waals surface area contributed by atoms with Crippen LogP contribution in [0.4, 0.5) is 5.69 Å². The summed E-state index contributed by atoms with van der Waals surface area (Å²) in [7, 11) is -3.61. The number of nitrogens with one attached hydrogen (secondary N) is 1. The molecule has 0 aliphatic heterocycles. The first-order chi connectivity index (χ1) is 21.1. The molecule has 0 fully saturated rings. The smallest absolute Gasteiger partial charge is 0.303 e. The van der Waals surface area contributed by atoms with Crippen LogP contribution in [-0.2, 0) is 45.5 Å². The summed E-state index contributed by atoms with van der Waals surface area (Å²) in [6, 6.07) is 33.8. The maximum absolute atomic E-state index is 12.7. The van der Waals surface area contributed by atoms with Gasteiger partial charge in [-0.3, -0.25) is 14.4 Å². The Hall–Kier alpha value is -4.14. The largest absolute Gasteiger partial charge is 0.487 e. The summed E-state index contributed by atoms with van der Waals surface area (Å²) in [6.45, 7) is 6.61. The van der Waals surface area contributed by atoms with Crippen molar-refractivity contribution in [2.45, 2.75) is 58.4 Å². The van der Waals surface area contributed by atoms with Crippen molar-refractivity contribution in [3.05, 3.63) is 131 Å². The maximum atomic E-state index is 12.7. The molecule has 0 radical (unpaired) electrons. The Labute approximate surface area is 260 Å². The second-order valence-corrected chi connectivity index (χ2v) is 13.6. The fourth-order valence-corrected chi connectivity index (χ4v) is 6.47. The molecule has 1 atom stereocenters. The van der Waals surface area contributed by atoms with Gasteiger partial charge in [-0.05, 0) is 66.6 Å². The zero-order valence-electron chi connectivity index (χ0n) is 25.5. The van der Waals surface area contributed by atoms with Crippen molar-refractivity contribution in [3.8, 4) is 5.75 Å². The third-order valence-corrected chi connectivity index (χ3v) is 9.48. The van der Waals surface area contributed by atoms with Gasteiger partial charge < -0.3 is 9.47 Å². The Morgan fingerprint density at radius 1 is 0.886 bits per heavy atom. The number of esters is 1. The predicted molar refractivity (Wildman–Crippen MR) is 174 cm³/mol. The fourth-order valence-electron chi connectivity index (χ4n) is 5.83. The van der Waals surface area contributed by atoms with Gasteiger partial charge in [0.25, 0.3) is 0 Å². The van der Waals surface area contributed by atoms with Gasteiger partial charge in [-0.2, -0.15) is 0 Å².